The molecule has 0 fully saturated rings. The molecule has 0 saturated heterocycles. The third kappa shape index (κ3) is 5.82. The molecule has 0 bridgehead atoms. The summed E-state index contributed by atoms with van der Waals surface area (Å²) in [5, 5.41) is 0. The second-order valence-corrected chi connectivity index (χ2v) is 4.22. The van der Waals surface area contributed by atoms with Gasteiger partial charge in [0.15, 0.2) is 0 Å². The maximum absolute atomic E-state index is 10.7. The highest BCUT2D eigenvalue weighted by molar-refractivity contribution is 5.98. The van der Waals surface area contributed by atoms with Crippen molar-refractivity contribution < 1.29 is 14.0 Å². The Kier molecular flexibility index (Phi) is 5.25. The van der Waals surface area contributed by atoms with Gasteiger partial charge in [-0.15, -0.1) is 0 Å². The van der Waals surface area contributed by atoms with E-state index >= 15 is 0 Å². The van der Waals surface area contributed by atoms with Crippen molar-refractivity contribution >= 4 is 16.5 Å². The SMILES string of the molecule is CCC(CC(C)(C)O[SiH3])OC(C)=O. The first-order valence-electron chi connectivity index (χ1n) is 4.63. The lowest BCUT2D eigenvalue weighted by Crippen LogP contribution is -2.31. The molecule has 3 nitrogen and oxygen atoms in total. The molecular weight excluding hydrogens is 184 g/mol. The molecule has 0 aromatic heterocycles. The quantitative estimate of drug-likeness (QED) is 0.491. The highest BCUT2D eigenvalue weighted by Gasteiger charge is 2.22. The maximum Gasteiger partial charge on any atom is 0.302 e. The van der Waals surface area contributed by atoms with Gasteiger partial charge in [-0.1, -0.05) is 6.92 Å². The number of rotatable bonds is 5. The predicted molar refractivity (Wildman–Crippen MR) is 55.6 cm³/mol. The topological polar surface area (TPSA) is 35.5 Å². The van der Waals surface area contributed by atoms with Gasteiger partial charge in [-0.05, 0) is 20.3 Å². The van der Waals surface area contributed by atoms with Crippen LogP contribution in [0.25, 0.3) is 0 Å². The van der Waals surface area contributed by atoms with Crippen molar-refractivity contribution in [1.29, 1.82) is 0 Å². The molecule has 0 saturated carbocycles. The molecule has 0 rings (SSSR count). The summed E-state index contributed by atoms with van der Waals surface area (Å²) in [6, 6.07) is 0. The van der Waals surface area contributed by atoms with Crippen molar-refractivity contribution in [3.05, 3.63) is 0 Å². The standard InChI is InChI=1S/C9H20O3Si/c1-5-8(11-7(2)10)6-9(3,4)12-13/h8H,5-6H2,1-4,13H3. The lowest BCUT2D eigenvalue weighted by atomic mass is 9.99. The van der Waals surface area contributed by atoms with E-state index in [9.17, 15) is 4.79 Å². The van der Waals surface area contributed by atoms with Crippen LogP contribution < -0.4 is 0 Å². The first kappa shape index (κ1) is 12.6. The van der Waals surface area contributed by atoms with Crippen molar-refractivity contribution in [3.8, 4) is 0 Å². The molecule has 0 spiro atoms. The number of ether oxygens (including phenoxy) is 1. The van der Waals surface area contributed by atoms with Crippen molar-refractivity contribution in [2.24, 2.45) is 0 Å². The van der Waals surface area contributed by atoms with Gasteiger partial charge in [-0.25, -0.2) is 0 Å². The van der Waals surface area contributed by atoms with Gasteiger partial charge in [-0.3, -0.25) is 4.79 Å². The zero-order valence-corrected chi connectivity index (χ0v) is 11.2. The largest absolute Gasteiger partial charge is 0.462 e. The lowest BCUT2D eigenvalue weighted by molar-refractivity contribution is -0.148. The van der Waals surface area contributed by atoms with E-state index in [4.69, 9.17) is 9.16 Å². The zero-order chi connectivity index (χ0) is 10.5. The van der Waals surface area contributed by atoms with E-state index in [-0.39, 0.29) is 17.7 Å². The van der Waals surface area contributed by atoms with Crippen molar-refractivity contribution in [2.45, 2.75) is 52.2 Å². The Balaban J connectivity index is 4.04. The van der Waals surface area contributed by atoms with Crippen LogP contribution in [0, 0.1) is 0 Å². The van der Waals surface area contributed by atoms with Gasteiger partial charge in [0.2, 0.25) is 0 Å². The monoisotopic (exact) mass is 204 g/mol. The van der Waals surface area contributed by atoms with Crippen LogP contribution in [0.4, 0.5) is 0 Å². The summed E-state index contributed by atoms with van der Waals surface area (Å²) in [6.07, 6.45) is 1.60. The summed E-state index contributed by atoms with van der Waals surface area (Å²) in [6.45, 7) is 7.49. The third-order valence-corrected chi connectivity index (χ3v) is 3.16. The Morgan fingerprint density at radius 1 is 1.54 bits per heavy atom. The Morgan fingerprint density at radius 2 is 2.08 bits per heavy atom. The van der Waals surface area contributed by atoms with E-state index in [0.717, 1.165) is 12.8 Å². The van der Waals surface area contributed by atoms with Crippen molar-refractivity contribution in [2.75, 3.05) is 0 Å². The molecular formula is C9H20O3Si. The highest BCUT2D eigenvalue weighted by Crippen LogP contribution is 2.19. The highest BCUT2D eigenvalue weighted by atomic mass is 28.2. The molecule has 1 unspecified atom stereocenters. The fourth-order valence-corrected chi connectivity index (χ4v) is 1.30. The summed E-state index contributed by atoms with van der Waals surface area (Å²) in [5.74, 6) is -0.212. The Labute approximate surface area is 83.3 Å². The van der Waals surface area contributed by atoms with E-state index < -0.39 is 0 Å². The Bertz CT molecular complexity index is 168. The van der Waals surface area contributed by atoms with E-state index in [1.165, 1.54) is 6.92 Å². The fourth-order valence-electron chi connectivity index (χ4n) is 1.14. The van der Waals surface area contributed by atoms with E-state index in [0.29, 0.717) is 10.5 Å². The van der Waals surface area contributed by atoms with Crippen LogP contribution in [0.15, 0.2) is 0 Å². The predicted octanol–water partition coefficient (Wildman–Crippen LogP) is 0.794. The van der Waals surface area contributed by atoms with Crippen LogP contribution >= 0.6 is 0 Å². The summed E-state index contributed by atoms with van der Waals surface area (Å²) >= 11 is 0. The minimum atomic E-state index is -0.212. The van der Waals surface area contributed by atoms with Gasteiger partial charge in [-0.2, -0.15) is 0 Å². The van der Waals surface area contributed by atoms with Crippen LogP contribution in [0.2, 0.25) is 0 Å². The molecule has 0 aliphatic carbocycles. The third-order valence-electron chi connectivity index (χ3n) is 2.06. The van der Waals surface area contributed by atoms with Crippen LogP contribution in [-0.4, -0.2) is 28.2 Å². The molecule has 0 amide bonds. The fraction of sp³-hybridized carbons (Fsp3) is 0.889. The second-order valence-electron chi connectivity index (χ2n) is 3.81. The average Bonchev–Trinajstić information content (AvgIpc) is 2.02. The first-order valence-corrected chi connectivity index (χ1v) is 5.45. The maximum atomic E-state index is 10.7. The minimum absolute atomic E-state index is 0.0125. The number of carbonyl (C=O) groups excluding carboxylic acids is 1. The molecule has 0 heterocycles. The Morgan fingerprint density at radius 3 is 2.38 bits per heavy atom. The molecule has 78 valence electrons. The summed E-state index contributed by atoms with van der Waals surface area (Å²) in [5.41, 5.74) is -0.164. The summed E-state index contributed by atoms with van der Waals surface area (Å²) in [4.78, 5) is 10.7. The number of esters is 1. The van der Waals surface area contributed by atoms with Crippen LogP contribution in [-0.2, 0) is 14.0 Å². The average molecular weight is 204 g/mol. The smallest absolute Gasteiger partial charge is 0.302 e. The lowest BCUT2D eigenvalue weighted by Gasteiger charge is -2.28. The summed E-state index contributed by atoms with van der Waals surface area (Å²) < 4.78 is 10.5. The molecule has 1 atom stereocenters. The van der Waals surface area contributed by atoms with Gasteiger partial charge in [0.25, 0.3) is 0 Å². The molecule has 0 aliphatic heterocycles. The first-order chi connectivity index (χ1) is 5.91. The van der Waals surface area contributed by atoms with E-state index in [1.54, 1.807) is 0 Å². The molecule has 0 aliphatic rings. The normalized spacial score (nSPS) is 14.2. The number of carbonyl (C=O) groups is 1. The molecule has 0 N–H and O–H groups in total. The molecule has 0 aromatic rings. The molecule has 13 heavy (non-hydrogen) atoms. The summed E-state index contributed by atoms with van der Waals surface area (Å²) in [7, 11) is 0.714. The van der Waals surface area contributed by atoms with E-state index in [2.05, 4.69) is 0 Å². The van der Waals surface area contributed by atoms with Crippen LogP contribution in [0.5, 0.6) is 0 Å². The van der Waals surface area contributed by atoms with Crippen molar-refractivity contribution in [1.82, 2.24) is 0 Å². The van der Waals surface area contributed by atoms with Gasteiger partial charge in [0.05, 0.1) is 5.60 Å². The zero-order valence-electron chi connectivity index (χ0n) is 9.22. The van der Waals surface area contributed by atoms with Crippen LogP contribution in [0.3, 0.4) is 0 Å². The van der Waals surface area contributed by atoms with Gasteiger partial charge in [0.1, 0.15) is 16.6 Å². The minimum Gasteiger partial charge on any atom is -0.462 e. The van der Waals surface area contributed by atoms with E-state index in [1.807, 2.05) is 20.8 Å². The van der Waals surface area contributed by atoms with Crippen LogP contribution in [0.1, 0.15) is 40.5 Å². The van der Waals surface area contributed by atoms with Gasteiger partial charge >= 0.3 is 5.97 Å². The molecule has 4 heteroatoms. The molecule has 0 radical (unpaired) electrons. The molecule has 0 aromatic carbocycles. The Hall–Kier alpha value is -0.353. The van der Waals surface area contributed by atoms with Gasteiger partial charge in [0, 0.05) is 13.3 Å². The van der Waals surface area contributed by atoms with Gasteiger partial charge < -0.3 is 9.16 Å². The number of hydrogen-bond donors (Lipinski definition) is 0. The second kappa shape index (κ2) is 5.39. The number of hydrogen-bond acceptors (Lipinski definition) is 3. The van der Waals surface area contributed by atoms with Crippen molar-refractivity contribution in [3.63, 3.8) is 0 Å².